The SMILES string of the molecule is C=N/C(NCc1ccc(CN2CCN(C)CC2)cn1)=C(/N=C)C(=C)C(=C)/C=C\C(=C)CN. The van der Waals surface area contributed by atoms with Crippen LogP contribution in [-0.4, -0.2) is 68.0 Å². The number of nitrogens with one attached hydrogen (secondary N) is 1. The first kappa shape index (κ1) is 25.1. The number of hydrogen-bond acceptors (Lipinski definition) is 7. The quantitative estimate of drug-likeness (QED) is 0.391. The fraction of sp³-hybridized carbons (Fsp3) is 0.320. The Hall–Kier alpha value is -3.13. The minimum atomic E-state index is 0.376. The molecule has 0 saturated carbocycles. The molecule has 0 atom stereocenters. The van der Waals surface area contributed by atoms with Crippen LogP contribution in [0.3, 0.4) is 0 Å². The number of nitrogens with zero attached hydrogens (tertiary/aromatic N) is 5. The molecule has 1 aliphatic rings. The largest absolute Gasteiger partial charge is 0.363 e. The lowest BCUT2D eigenvalue weighted by Gasteiger charge is -2.32. The Morgan fingerprint density at radius 3 is 2.41 bits per heavy atom. The molecule has 32 heavy (non-hydrogen) atoms. The van der Waals surface area contributed by atoms with Crippen molar-refractivity contribution in [2.45, 2.75) is 13.1 Å². The monoisotopic (exact) mass is 433 g/mol. The van der Waals surface area contributed by atoms with Gasteiger partial charge in [0, 0.05) is 51.0 Å². The molecule has 1 saturated heterocycles. The summed E-state index contributed by atoms with van der Waals surface area (Å²) in [4.78, 5) is 17.6. The maximum absolute atomic E-state index is 5.56. The van der Waals surface area contributed by atoms with Gasteiger partial charge in [0.2, 0.25) is 0 Å². The van der Waals surface area contributed by atoms with Crippen LogP contribution in [0.15, 0.2) is 88.4 Å². The second kappa shape index (κ2) is 12.7. The van der Waals surface area contributed by atoms with E-state index in [1.165, 1.54) is 5.56 Å². The average molecular weight is 434 g/mol. The Morgan fingerprint density at radius 2 is 1.84 bits per heavy atom. The molecule has 7 nitrogen and oxygen atoms in total. The smallest absolute Gasteiger partial charge is 0.152 e. The van der Waals surface area contributed by atoms with Crippen LogP contribution in [-0.2, 0) is 13.1 Å². The van der Waals surface area contributed by atoms with E-state index >= 15 is 0 Å². The molecule has 0 aromatic carbocycles. The van der Waals surface area contributed by atoms with Crippen molar-refractivity contribution in [1.82, 2.24) is 20.1 Å². The maximum atomic E-state index is 5.56. The predicted molar refractivity (Wildman–Crippen MR) is 136 cm³/mol. The standard InChI is InChI=1S/C25H35N7/c1-19(15-26)7-8-20(2)21(3)24(27-4)25(28-5)30-17-23-10-9-22(16-29-23)18-32-13-11-31(6)12-14-32/h7-10,16,30H,1-5,11-15,17-18,26H2,6H3/b8-7-,25-24-. The molecule has 1 aromatic heterocycles. The molecule has 170 valence electrons. The fourth-order valence-corrected chi connectivity index (χ4v) is 3.16. The normalized spacial score (nSPS) is 15.8. The van der Waals surface area contributed by atoms with E-state index in [1.54, 1.807) is 12.2 Å². The van der Waals surface area contributed by atoms with Crippen molar-refractivity contribution < 1.29 is 0 Å². The molecule has 0 spiro atoms. The molecular weight excluding hydrogens is 398 g/mol. The molecule has 0 unspecified atom stereocenters. The Labute approximate surface area is 192 Å². The van der Waals surface area contributed by atoms with Gasteiger partial charge in [-0.1, -0.05) is 38.0 Å². The lowest BCUT2D eigenvalue weighted by atomic mass is 10.0. The minimum absolute atomic E-state index is 0.376. The van der Waals surface area contributed by atoms with Crippen molar-refractivity contribution in [2.24, 2.45) is 15.7 Å². The van der Waals surface area contributed by atoms with Crippen molar-refractivity contribution >= 4 is 13.4 Å². The van der Waals surface area contributed by atoms with Crippen LogP contribution < -0.4 is 11.1 Å². The number of hydrogen-bond donors (Lipinski definition) is 2. The Morgan fingerprint density at radius 1 is 1.12 bits per heavy atom. The van der Waals surface area contributed by atoms with Gasteiger partial charge in [-0.15, -0.1) is 0 Å². The van der Waals surface area contributed by atoms with Crippen LogP contribution in [0, 0.1) is 0 Å². The number of pyridine rings is 1. The molecular formula is C25H35N7. The Bertz CT molecular complexity index is 901. The second-order valence-corrected chi connectivity index (χ2v) is 7.80. The van der Waals surface area contributed by atoms with Gasteiger partial charge in [0.1, 0.15) is 5.70 Å². The van der Waals surface area contributed by atoms with Crippen LogP contribution in [0.1, 0.15) is 11.3 Å². The molecule has 0 amide bonds. The summed E-state index contributed by atoms with van der Waals surface area (Å²) in [5.74, 6) is 0.473. The van der Waals surface area contributed by atoms with Crippen LogP contribution in [0.25, 0.3) is 0 Å². The lowest BCUT2D eigenvalue weighted by molar-refractivity contribution is 0.148. The number of allylic oxidation sites excluding steroid dienone is 2. The number of aromatic nitrogens is 1. The first-order valence-corrected chi connectivity index (χ1v) is 10.6. The van der Waals surface area contributed by atoms with E-state index < -0.39 is 0 Å². The molecule has 3 N–H and O–H groups in total. The molecule has 2 rings (SSSR count). The van der Waals surface area contributed by atoms with Gasteiger partial charge >= 0.3 is 0 Å². The summed E-state index contributed by atoms with van der Waals surface area (Å²) in [6.45, 7) is 25.4. The van der Waals surface area contributed by atoms with Gasteiger partial charge in [0.15, 0.2) is 5.82 Å². The third kappa shape index (κ3) is 7.53. The van der Waals surface area contributed by atoms with E-state index in [-0.39, 0.29) is 0 Å². The minimum Gasteiger partial charge on any atom is -0.363 e. The highest BCUT2D eigenvalue weighted by Gasteiger charge is 2.14. The van der Waals surface area contributed by atoms with Gasteiger partial charge in [-0.05, 0) is 43.3 Å². The van der Waals surface area contributed by atoms with Crippen molar-refractivity contribution in [3.8, 4) is 0 Å². The van der Waals surface area contributed by atoms with E-state index in [2.05, 4.69) is 76.4 Å². The van der Waals surface area contributed by atoms with Gasteiger partial charge in [-0.2, -0.15) is 0 Å². The molecule has 0 radical (unpaired) electrons. The lowest BCUT2D eigenvalue weighted by Crippen LogP contribution is -2.43. The first-order chi connectivity index (χ1) is 15.4. The predicted octanol–water partition coefficient (Wildman–Crippen LogP) is 2.67. The molecule has 2 heterocycles. The third-order valence-corrected chi connectivity index (χ3v) is 5.32. The number of piperazine rings is 1. The van der Waals surface area contributed by atoms with Gasteiger partial charge in [0.05, 0.1) is 12.2 Å². The molecule has 1 aliphatic heterocycles. The van der Waals surface area contributed by atoms with E-state index in [1.807, 2.05) is 12.3 Å². The molecule has 7 heteroatoms. The van der Waals surface area contributed by atoms with Gasteiger partial charge in [-0.25, -0.2) is 4.99 Å². The molecule has 0 aliphatic carbocycles. The van der Waals surface area contributed by atoms with E-state index in [0.717, 1.165) is 44.0 Å². The van der Waals surface area contributed by atoms with Crippen molar-refractivity contribution in [3.05, 3.63) is 89.7 Å². The van der Waals surface area contributed by atoms with Crippen molar-refractivity contribution in [1.29, 1.82) is 0 Å². The average Bonchev–Trinajstić information content (AvgIpc) is 2.81. The van der Waals surface area contributed by atoms with Gasteiger partial charge < -0.3 is 16.0 Å². The summed E-state index contributed by atoms with van der Waals surface area (Å²) < 4.78 is 0. The Kier molecular flexibility index (Phi) is 9.94. The number of likely N-dealkylation sites (N-methyl/N-ethyl adjacent to an activating group) is 1. The van der Waals surface area contributed by atoms with E-state index in [4.69, 9.17) is 5.73 Å². The number of rotatable bonds is 12. The van der Waals surface area contributed by atoms with Crippen molar-refractivity contribution in [3.63, 3.8) is 0 Å². The highest BCUT2D eigenvalue weighted by atomic mass is 15.2. The zero-order valence-electron chi connectivity index (χ0n) is 19.2. The van der Waals surface area contributed by atoms with Gasteiger partial charge in [-0.3, -0.25) is 14.9 Å². The second-order valence-electron chi connectivity index (χ2n) is 7.80. The van der Waals surface area contributed by atoms with Crippen LogP contribution in [0.2, 0.25) is 0 Å². The van der Waals surface area contributed by atoms with Gasteiger partial charge in [0.25, 0.3) is 0 Å². The Balaban J connectivity index is 2.00. The molecule has 1 aromatic rings. The van der Waals surface area contributed by atoms with E-state index in [9.17, 15) is 0 Å². The topological polar surface area (TPSA) is 82.1 Å². The summed E-state index contributed by atoms with van der Waals surface area (Å²) in [5.41, 5.74) is 10.2. The maximum Gasteiger partial charge on any atom is 0.152 e. The van der Waals surface area contributed by atoms with Crippen LogP contribution in [0.5, 0.6) is 0 Å². The number of aliphatic imine (C=N–C) groups is 2. The summed E-state index contributed by atoms with van der Waals surface area (Å²) in [6.07, 6.45) is 5.53. The van der Waals surface area contributed by atoms with E-state index in [0.29, 0.717) is 35.8 Å². The summed E-state index contributed by atoms with van der Waals surface area (Å²) in [7, 11) is 2.16. The zero-order chi connectivity index (χ0) is 23.5. The highest BCUT2D eigenvalue weighted by molar-refractivity contribution is 5.53. The molecule has 0 bridgehead atoms. The third-order valence-electron chi connectivity index (χ3n) is 5.32. The number of nitrogens with two attached hydrogens (primary N) is 1. The van der Waals surface area contributed by atoms with Crippen LogP contribution in [0.4, 0.5) is 0 Å². The fourth-order valence-electron chi connectivity index (χ4n) is 3.16. The summed E-state index contributed by atoms with van der Waals surface area (Å²) in [5, 5.41) is 3.23. The summed E-state index contributed by atoms with van der Waals surface area (Å²) >= 11 is 0. The highest BCUT2D eigenvalue weighted by Crippen LogP contribution is 2.22. The van der Waals surface area contributed by atoms with Crippen LogP contribution >= 0.6 is 0 Å². The molecule has 1 fully saturated rings. The first-order valence-electron chi connectivity index (χ1n) is 10.6. The summed E-state index contributed by atoms with van der Waals surface area (Å²) in [6, 6.07) is 4.14. The zero-order valence-corrected chi connectivity index (χ0v) is 19.2. The van der Waals surface area contributed by atoms with Crippen molar-refractivity contribution in [2.75, 3.05) is 39.8 Å².